The summed E-state index contributed by atoms with van der Waals surface area (Å²) in [4.78, 5) is 29.9. The minimum atomic E-state index is -0.603. The molecule has 0 N–H and O–H groups in total. The molecule has 0 saturated carbocycles. The van der Waals surface area contributed by atoms with Gasteiger partial charge in [-0.25, -0.2) is 0 Å². The van der Waals surface area contributed by atoms with E-state index in [0.717, 1.165) is 13.1 Å². The van der Waals surface area contributed by atoms with E-state index in [2.05, 4.69) is 0 Å². The van der Waals surface area contributed by atoms with E-state index in [1.54, 1.807) is 7.05 Å². The van der Waals surface area contributed by atoms with Crippen molar-refractivity contribution >= 4 is 11.7 Å². The number of amides is 1. The Morgan fingerprint density at radius 2 is 1.32 bits per heavy atom. The van der Waals surface area contributed by atoms with Crippen molar-refractivity contribution in [3.8, 4) is 0 Å². The van der Waals surface area contributed by atoms with Crippen LogP contribution in [-0.2, 0) is 9.59 Å². The highest BCUT2D eigenvalue weighted by Gasteiger charge is 2.34. The molecule has 0 bridgehead atoms. The van der Waals surface area contributed by atoms with Crippen LogP contribution in [0.2, 0.25) is 0 Å². The van der Waals surface area contributed by atoms with Gasteiger partial charge in [-0.2, -0.15) is 0 Å². The quantitative estimate of drug-likeness (QED) is 0.605. The molecule has 0 radical (unpaired) electrons. The first-order valence-electron chi connectivity index (χ1n) is 6.67. The van der Waals surface area contributed by atoms with Crippen LogP contribution in [0.5, 0.6) is 0 Å². The molecule has 0 unspecified atom stereocenters. The average Bonchev–Trinajstić information content (AvgIpc) is 2.31. The lowest BCUT2D eigenvalue weighted by molar-refractivity contribution is -0.148. The van der Waals surface area contributed by atoms with Gasteiger partial charge in [-0.3, -0.25) is 9.59 Å². The third-order valence-corrected chi connectivity index (χ3v) is 3.22. The van der Waals surface area contributed by atoms with Crippen molar-refractivity contribution < 1.29 is 9.59 Å². The Morgan fingerprint density at radius 1 is 0.842 bits per heavy atom. The van der Waals surface area contributed by atoms with E-state index in [9.17, 15) is 9.59 Å². The second-order valence-electron chi connectivity index (χ2n) is 6.30. The van der Waals surface area contributed by atoms with Gasteiger partial charge in [0, 0.05) is 25.6 Å². The predicted octanol–water partition coefficient (Wildman–Crippen LogP) is 0.553. The Morgan fingerprint density at radius 3 is 1.74 bits per heavy atom. The third-order valence-electron chi connectivity index (χ3n) is 3.22. The van der Waals surface area contributed by atoms with Crippen LogP contribution < -0.4 is 0 Å². The second-order valence-corrected chi connectivity index (χ2v) is 6.30. The number of Topliss-reactive ketones (excluding diaryl/α,β-unsaturated/α-hetero) is 1. The fraction of sp³-hybridized carbons (Fsp3) is 0.857. The number of nitrogens with zero attached hydrogens (tertiary/aromatic N) is 3. The fourth-order valence-electron chi connectivity index (χ4n) is 1.53. The highest BCUT2D eigenvalue weighted by atomic mass is 16.2. The molecular weight excluding hydrogens is 242 g/mol. The SMILES string of the molecule is CN(C)CCN(C)C(=O)C(=O)C(C)(C)CCN(C)C. The van der Waals surface area contributed by atoms with Crippen molar-refractivity contribution in [3.05, 3.63) is 0 Å². The summed E-state index contributed by atoms with van der Waals surface area (Å²) in [6.45, 7) is 5.81. The van der Waals surface area contributed by atoms with Crippen molar-refractivity contribution in [2.75, 3.05) is 54.9 Å². The molecule has 19 heavy (non-hydrogen) atoms. The smallest absolute Gasteiger partial charge is 0.290 e. The number of likely N-dealkylation sites (N-methyl/N-ethyl adjacent to an activating group) is 2. The molecule has 112 valence electrons. The number of hydrogen-bond acceptors (Lipinski definition) is 4. The zero-order valence-electron chi connectivity index (χ0n) is 13.5. The minimum Gasteiger partial charge on any atom is -0.338 e. The molecule has 0 heterocycles. The van der Waals surface area contributed by atoms with E-state index in [-0.39, 0.29) is 11.7 Å². The molecule has 0 aliphatic carbocycles. The summed E-state index contributed by atoms with van der Waals surface area (Å²) in [5, 5.41) is 0. The van der Waals surface area contributed by atoms with Gasteiger partial charge in [0.15, 0.2) is 0 Å². The molecule has 0 spiro atoms. The monoisotopic (exact) mass is 271 g/mol. The Balaban J connectivity index is 4.48. The summed E-state index contributed by atoms with van der Waals surface area (Å²) in [5.41, 5.74) is -0.603. The number of carbonyl (C=O) groups is 2. The van der Waals surface area contributed by atoms with Gasteiger partial charge in [0.1, 0.15) is 0 Å². The van der Waals surface area contributed by atoms with Crippen molar-refractivity contribution in [2.45, 2.75) is 20.3 Å². The van der Waals surface area contributed by atoms with Gasteiger partial charge in [-0.05, 0) is 41.2 Å². The first kappa shape index (κ1) is 18.1. The average molecular weight is 271 g/mol. The van der Waals surface area contributed by atoms with Crippen LogP contribution in [-0.4, -0.2) is 81.3 Å². The molecule has 0 aliphatic rings. The predicted molar refractivity (Wildman–Crippen MR) is 78.2 cm³/mol. The molecule has 0 fully saturated rings. The van der Waals surface area contributed by atoms with E-state index in [4.69, 9.17) is 0 Å². The maximum absolute atomic E-state index is 12.2. The molecule has 0 rings (SSSR count). The van der Waals surface area contributed by atoms with Crippen molar-refractivity contribution in [3.63, 3.8) is 0 Å². The highest BCUT2D eigenvalue weighted by molar-refractivity contribution is 6.37. The summed E-state index contributed by atoms with van der Waals surface area (Å²) in [6.07, 6.45) is 0.687. The molecule has 5 heteroatoms. The maximum atomic E-state index is 12.2. The third kappa shape index (κ3) is 6.68. The van der Waals surface area contributed by atoms with Crippen molar-refractivity contribution in [1.29, 1.82) is 0 Å². The first-order valence-corrected chi connectivity index (χ1v) is 6.67. The molecule has 5 nitrogen and oxygen atoms in total. The molecular formula is C14H29N3O2. The lowest BCUT2D eigenvalue weighted by Crippen LogP contribution is -2.43. The van der Waals surface area contributed by atoms with Gasteiger partial charge in [0.2, 0.25) is 5.78 Å². The highest BCUT2D eigenvalue weighted by Crippen LogP contribution is 2.22. The first-order chi connectivity index (χ1) is 8.58. The number of rotatable bonds is 8. The van der Waals surface area contributed by atoms with Crippen LogP contribution in [0, 0.1) is 5.41 Å². The Hall–Kier alpha value is -0.940. The maximum Gasteiger partial charge on any atom is 0.290 e. The fourth-order valence-corrected chi connectivity index (χ4v) is 1.53. The van der Waals surface area contributed by atoms with Crippen LogP contribution in [0.25, 0.3) is 0 Å². The Bertz CT molecular complexity index is 312. The normalized spacial score (nSPS) is 12.1. The van der Waals surface area contributed by atoms with Crippen LogP contribution in [0.1, 0.15) is 20.3 Å². The molecule has 0 atom stereocenters. The summed E-state index contributed by atoms with van der Waals surface area (Å²) in [7, 11) is 9.51. The number of ketones is 1. The molecule has 0 aliphatic heterocycles. The minimum absolute atomic E-state index is 0.296. The van der Waals surface area contributed by atoms with Crippen LogP contribution in [0.15, 0.2) is 0 Å². The summed E-state index contributed by atoms with van der Waals surface area (Å²) >= 11 is 0. The van der Waals surface area contributed by atoms with Gasteiger partial charge in [0.05, 0.1) is 0 Å². The Kier molecular flexibility index (Phi) is 7.23. The largest absolute Gasteiger partial charge is 0.338 e. The van der Waals surface area contributed by atoms with Crippen LogP contribution in [0.3, 0.4) is 0 Å². The molecule has 0 aromatic heterocycles. The lowest BCUT2D eigenvalue weighted by atomic mass is 9.83. The van der Waals surface area contributed by atoms with E-state index in [1.807, 2.05) is 51.8 Å². The van der Waals surface area contributed by atoms with E-state index in [1.165, 1.54) is 4.90 Å². The number of hydrogen-bond donors (Lipinski definition) is 0. The van der Waals surface area contributed by atoms with Gasteiger partial charge >= 0.3 is 0 Å². The van der Waals surface area contributed by atoms with Gasteiger partial charge in [-0.15, -0.1) is 0 Å². The van der Waals surface area contributed by atoms with Crippen molar-refractivity contribution in [1.82, 2.24) is 14.7 Å². The summed E-state index contributed by atoms with van der Waals surface area (Å²) in [5.74, 6) is -0.679. The van der Waals surface area contributed by atoms with E-state index < -0.39 is 5.41 Å². The summed E-state index contributed by atoms with van der Waals surface area (Å²) < 4.78 is 0. The summed E-state index contributed by atoms with van der Waals surface area (Å²) in [6, 6.07) is 0. The molecule has 0 aromatic carbocycles. The van der Waals surface area contributed by atoms with Crippen molar-refractivity contribution in [2.24, 2.45) is 5.41 Å². The van der Waals surface area contributed by atoms with Gasteiger partial charge in [-0.1, -0.05) is 13.8 Å². The molecule has 0 saturated heterocycles. The van der Waals surface area contributed by atoms with Crippen LogP contribution >= 0.6 is 0 Å². The Labute approximate surface area is 117 Å². The topological polar surface area (TPSA) is 43.9 Å². The van der Waals surface area contributed by atoms with E-state index in [0.29, 0.717) is 13.0 Å². The van der Waals surface area contributed by atoms with Gasteiger partial charge in [0.25, 0.3) is 5.91 Å². The second kappa shape index (κ2) is 7.60. The molecule has 1 amide bonds. The zero-order chi connectivity index (χ0) is 15.2. The standard InChI is InChI=1S/C14H29N3O2/c1-14(2,8-9-15(3)4)12(18)13(19)17(7)11-10-16(5)6/h8-11H2,1-7H3. The number of carbonyl (C=O) groups excluding carboxylic acids is 2. The zero-order valence-corrected chi connectivity index (χ0v) is 13.5. The molecule has 0 aromatic rings. The lowest BCUT2D eigenvalue weighted by Gasteiger charge is -2.27. The van der Waals surface area contributed by atoms with Gasteiger partial charge < -0.3 is 14.7 Å². The van der Waals surface area contributed by atoms with Crippen LogP contribution in [0.4, 0.5) is 0 Å². The van der Waals surface area contributed by atoms with E-state index >= 15 is 0 Å².